The fourth-order valence-corrected chi connectivity index (χ4v) is 3.50. The number of carboxylic acid groups (broad SMARTS) is 2. The summed E-state index contributed by atoms with van der Waals surface area (Å²) in [4.78, 5) is 23.3. The Kier molecular flexibility index (Phi) is 4.86. The van der Waals surface area contributed by atoms with E-state index < -0.39 is 26.4 Å². The number of nitrogens with zero attached hydrogens (tertiary/aromatic N) is 1. The molecule has 2 unspecified atom stereocenters. The third-order valence-electron chi connectivity index (χ3n) is 4.35. The predicted octanol–water partition coefficient (Wildman–Crippen LogP) is 2.60. The fraction of sp³-hybridized carbons (Fsp3) is 0.846. The molecule has 2 atom stereocenters. The quantitative estimate of drug-likeness (QED) is 0.783. The molecule has 0 radical (unpaired) electrons. The van der Waals surface area contributed by atoms with E-state index in [9.17, 15) is 14.7 Å². The van der Waals surface area contributed by atoms with Crippen LogP contribution in [0.15, 0.2) is 0 Å². The minimum atomic E-state index is -1.96. The Bertz CT molecular complexity index is 391. The molecule has 0 saturated carbocycles. The van der Waals surface area contributed by atoms with Gasteiger partial charge in [0.25, 0.3) is 0 Å². The van der Waals surface area contributed by atoms with Crippen molar-refractivity contribution in [1.82, 2.24) is 4.90 Å². The van der Waals surface area contributed by atoms with Crippen LogP contribution < -0.4 is 0 Å². The van der Waals surface area contributed by atoms with Crippen LogP contribution >= 0.6 is 0 Å². The van der Waals surface area contributed by atoms with Gasteiger partial charge in [-0.2, -0.15) is 0 Å². The van der Waals surface area contributed by atoms with Crippen molar-refractivity contribution < 1.29 is 24.2 Å². The second-order valence-corrected chi connectivity index (χ2v) is 11.6. The number of hydrogen-bond donors (Lipinski definition) is 2. The number of carboxylic acids is 1. The van der Waals surface area contributed by atoms with Gasteiger partial charge in [-0.15, -0.1) is 0 Å². The normalized spacial score (nSPS) is 24.6. The molecule has 0 spiro atoms. The first-order valence-electron chi connectivity index (χ1n) is 6.86. The summed E-state index contributed by atoms with van der Waals surface area (Å²) in [7, 11) is -1.96. The monoisotopic (exact) mass is 303 g/mol. The first kappa shape index (κ1) is 17.0. The molecule has 1 aliphatic heterocycles. The summed E-state index contributed by atoms with van der Waals surface area (Å²) >= 11 is 0. The van der Waals surface area contributed by atoms with Crippen molar-refractivity contribution in [2.45, 2.75) is 63.9 Å². The molecular formula is C13H25NO5Si. The van der Waals surface area contributed by atoms with E-state index >= 15 is 0 Å². The molecule has 0 aromatic rings. The summed E-state index contributed by atoms with van der Waals surface area (Å²) in [6.45, 7) is 10.8. The summed E-state index contributed by atoms with van der Waals surface area (Å²) in [6.07, 6.45) is -0.563. The average molecular weight is 303 g/mol. The Labute approximate surface area is 120 Å². The summed E-state index contributed by atoms with van der Waals surface area (Å²) in [5, 5.41) is 18.3. The van der Waals surface area contributed by atoms with Gasteiger partial charge in [-0.05, 0) is 24.6 Å². The molecule has 7 heteroatoms. The molecule has 0 aromatic heterocycles. The molecule has 6 nitrogen and oxygen atoms in total. The third kappa shape index (κ3) is 3.73. The van der Waals surface area contributed by atoms with E-state index in [0.717, 1.165) is 4.90 Å². The molecule has 1 fully saturated rings. The number of aliphatic carboxylic acids is 1. The van der Waals surface area contributed by atoms with Gasteiger partial charge in [0.2, 0.25) is 0 Å². The van der Waals surface area contributed by atoms with Gasteiger partial charge in [0.1, 0.15) is 6.04 Å². The Balaban J connectivity index is 2.78. The molecule has 1 amide bonds. The lowest BCUT2D eigenvalue weighted by Gasteiger charge is -2.43. The van der Waals surface area contributed by atoms with E-state index in [2.05, 4.69) is 33.9 Å². The van der Waals surface area contributed by atoms with Crippen LogP contribution in [0.25, 0.3) is 0 Å². The molecule has 1 aliphatic rings. The van der Waals surface area contributed by atoms with Crippen LogP contribution in [0.1, 0.15) is 33.6 Å². The van der Waals surface area contributed by atoms with Crippen molar-refractivity contribution in [3.05, 3.63) is 0 Å². The molecule has 116 valence electrons. The highest BCUT2D eigenvalue weighted by Crippen LogP contribution is 2.38. The van der Waals surface area contributed by atoms with E-state index in [0.29, 0.717) is 6.42 Å². The molecule has 2 N–H and O–H groups in total. The maximum atomic E-state index is 11.2. The molecule has 1 heterocycles. The highest BCUT2D eigenvalue weighted by molar-refractivity contribution is 6.74. The Morgan fingerprint density at radius 2 is 1.80 bits per heavy atom. The second-order valence-electron chi connectivity index (χ2n) is 6.85. The highest BCUT2D eigenvalue weighted by atomic mass is 28.4. The van der Waals surface area contributed by atoms with E-state index in [4.69, 9.17) is 9.53 Å². The zero-order chi connectivity index (χ0) is 15.7. The van der Waals surface area contributed by atoms with Crippen LogP contribution in [0.2, 0.25) is 18.1 Å². The van der Waals surface area contributed by atoms with Crippen LogP contribution in [0.5, 0.6) is 0 Å². The van der Waals surface area contributed by atoms with Crippen LogP contribution in [0, 0.1) is 0 Å². The number of amides is 1. The van der Waals surface area contributed by atoms with Gasteiger partial charge in [0.05, 0.1) is 0 Å². The lowest BCUT2D eigenvalue weighted by atomic mass is 10.0. The molecule has 1 rings (SSSR count). The minimum Gasteiger partial charge on any atom is -0.480 e. The van der Waals surface area contributed by atoms with E-state index in [-0.39, 0.29) is 24.1 Å². The van der Waals surface area contributed by atoms with Gasteiger partial charge in [-0.1, -0.05) is 20.8 Å². The van der Waals surface area contributed by atoms with Gasteiger partial charge < -0.3 is 14.6 Å². The molecule has 0 aromatic carbocycles. The average Bonchev–Trinajstić information content (AvgIpc) is 2.26. The molecule has 20 heavy (non-hydrogen) atoms. The van der Waals surface area contributed by atoms with Gasteiger partial charge in [0.15, 0.2) is 8.32 Å². The fourth-order valence-electron chi connectivity index (χ4n) is 2.10. The third-order valence-corrected chi connectivity index (χ3v) is 8.89. The Morgan fingerprint density at radius 1 is 1.25 bits per heavy atom. The maximum Gasteiger partial charge on any atom is 0.408 e. The summed E-state index contributed by atoms with van der Waals surface area (Å²) < 4.78 is 6.21. The zero-order valence-electron chi connectivity index (χ0n) is 12.8. The van der Waals surface area contributed by atoms with E-state index in [1.165, 1.54) is 0 Å². The van der Waals surface area contributed by atoms with Gasteiger partial charge >= 0.3 is 12.1 Å². The summed E-state index contributed by atoms with van der Waals surface area (Å²) in [6, 6.07) is -1.00. The Morgan fingerprint density at radius 3 is 2.20 bits per heavy atom. The van der Waals surface area contributed by atoms with Crippen molar-refractivity contribution in [3.8, 4) is 0 Å². The lowest BCUT2D eigenvalue weighted by molar-refractivity contribution is -0.145. The second kappa shape index (κ2) is 5.73. The van der Waals surface area contributed by atoms with Crippen LogP contribution in [-0.4, -0.2) is 54.2 Å². The van der Waals surface area contributed by atoms with E-state index in [1.807, 2.05) is 0 Å². The first-order valence-corrected chi connectivity index (χ1v) is 9.76. The predicted molar refractivity (Wildman–Crippen MR) is 77.5 cm³/mol. The number of carbonyl (C=O) groups is 2. The summed E-state index contributed by atoms with van der Waals surface area (Å²) in [5.41, 5.74) is 0. The standard InChI is InChI=1S/C13H25NO5Si/c1-13(2,3)20(4,5)19-9-6-7-14(12(17)18)10(8-9)11(15)16/h9-10H,6-8H2,1-5H3,(H,15,16)(H,17,18). The zero-order valence-corrected chi connectivity index (χ0v) is 13.8. The van der Waals surface area contributed by atoms with Crippen molar-refractivity contribution >= 4 is 20.4 Å². The number of likely N-dealkylation sites (tertiary alicyclic amines) is 1. The largest absolute Gasteiger partial charge is 0.480 e. The van der Waals surface area contributed by atoms with Gasteiger partial charge in [0, 0.05) is 19.1 Å². The molecule has 0 aliphatic carbocycles. The topological polar surface area (TPSA) is 87.1 Å². The first-order chi connectivity index (χ1) is 8.95. The maximum absolute atomic E-state index is 11.2. The highest BCUT2D eigenvalue weighted by Gasteiger charge is 2.43. The summed E-state index contributed by atoms with van der Waals surface area (Å²) in [5.74, 6) is -1.10. The van der Waals surface area contributed by atoms with Crippen molar-refractivity contribution in [2.75, 3.05) is 6.54 Å². The number of rotatable bonds is 3. The van der Waals surface area contributed by atoms with Crippen LogP contribution in [0.3, 0.4) is 0 Å². The smallest absolute Gasteiger partial charge is 0.408 e. The molecular weight excluding hydrogens is 278 g/mol. The minimum absolute atomic E-state index is 0.0512. The van der Waals surface area contributed by atoms with Crippen LogP contribution in [-0.2, 0) is 9.22 Å². The van der Waals surface area contributed by atoms with Crippen molar-refractivity contribution in [2.24, 2.45) is 0 Å². The molecule has 1 saturated heterocycles. The van der Waals surface area contributed by atoms with Crippen molar-refractivity contribution in [3.63, 3.8) is 0 Å². The number of hydrogen-bond acceptors (Lipinski definition) is 3. The van der Waals surface area contributed by atoms with Crippen LogP contribution in [0.4, 0.5) is 4.79 Å². The van der Waals surface area contributed by atoms with Crippen molar-refractivity contribution in [1.29, 1.82) is 0 Å². The SMILES string of the molecule is CC(C)(C)[Si](C)(C)OC1CCN(C(=O)O)C(C(=O)O)C1. The van der Waals surface area contributed by atoms with E-state index in [1.54, 1.807) is 0 Å². The number of piperidine rings is 1. The Hall–Kier alpha value is -1.08. The lowest BCUT2D eigenvalue weighted by Crippen LogP contribution is -2.54. The van der Waals surface area contributed by atoms with Gasteiger partial charge in [-0.25, -0.2) is 9.59 Å². The molecule has 0 bridgehead atoms. The van der Waals surface area contributed by atoms with Gasteiger partial charge in [-0.3, -0.25) is 4.90 Å².